The Hall–Kier alpha value is -4.70. The Morgan fingerprint density at radius 3 is 1.86 bits per heavy atom. The van der Waals surface area contributed by atoms with Gasteiger partial charge in [0.25, 0.3) is 0 Å². The summed E-state index contributed by atoms with van der Waals surface area (Å²) >= 11 is 3.84. The largest absolute Gasteiger partial charge is 0.313 e. The highest BCUT2D eigenvalue weighted by Crippen LogP contribution is 2.45. The first-order valence-corrected chi connectivity index (χ1v) is 16.5. The summed E-state index contributed by atoms with van der Waals surface area (Å²) in [7, 11) is 0. The zero-order valence-electron chi connectivity index (χ0n) is 23.3. The van der Waals surface area contributed by atoms with Crippen LogP contribution in [0.3, 0.4) is 0 Å². The summed E-state index contributed by atoms with van der Waals surface area (Å²) in [6.07, 6.45) is 6.79. The highest BCUT2D eigenvalue weighted by Gasteiger charge is 2.20. The van der Waals surface area contributed by atoms with E-state index in [-0.39, 0.29) is 0 Å². The fraction of sp³-hybridized carbons (Fsp3) is 0.0500. The van der Waals surface area contributed by atoms with Gasteiger partial charge in [-0.1, -0.05) is 97.1 Å². The minimum absolute atomic E-state index is 1.01. The standard InChI is InChI=1S/C40H25NS2/c1-4-13-34-33(10-1)38-29-20-21-31-28-9-3-6-15-37(28)43-40(31)32(29)22-23-35(38)41(34)25-18-16-24(17-19-25)26-11-7-12-30-27-8-2-5-14-36(27)42-39(26)30/h1-16,18,20-23H,17,19H2. The Balaban J connectivity index is 1.18. The number of thiophene rings is 2. The third-order valence-corrected chi connectivity index (χ3v) is 11.8. The zero-order valence-corrected chi connectivity index (χ0v) is 24.9. The van der Waals surface area contributed by atoms with Crippen LogP contribution in [0.5, 0.6) is 0 Å². The van der Waals surface area contributed by atoms with Crippen molar-refractivity contribution >= 4 is 107 Å². The topological polar surface area (TPSA) is 4.93 Å². The molecule has 1 nitrogen and oxygen atoms in total. The predicted octanol–water partition coefficient (Wildman–Crippen LogP) is 12.4. The smallest absolute Gasteiger partial charge is 0.0544 e. The number of benzene rings is 6. The molecule has 1 aliphatic carbocycles. The van der Waals surface area contributed by atoms with E-state index in [0.717, 1.165) is 12.8 Å². The third kappa shape index (κ3) is 3.32. The van der Waals surface area contributed by atoms with E-state index in [1.165, 1.54) is 89.8 Å². The van der Waals surface area contributed by atoms with Crippen LogP contribution >= 0.6 is 22.7 Å². The van der Waals surface area contributed by atoms with Crippen LogP contribution < -0.4 is 0 Å². The molecule has 0 amide bonds. The van der Waals surface area contributed by atoms with Gasteiger partial charge in [0.2, 0.25) is 0 Å². The maximum atomic E-state index is 2.52. The maximum Gasteiger partial charge on any atom is 0.0544 e. The molecule has 0 atom stereocenters. The van der Waals surface area contributed by atoms with E-state index >= 15 is 0 Å². The molecule has 0 aliphatic heterocycles. The minimum Gasteiger partial charge on any atom is -0.313 e. The van der Waals surface area contributed by atoms with E-state index in [1.54, 1.807) is 0 Å². The van der Waals surface area contributed by atoms with Gasteiger partial charge in [0, 0.05) is 62.2 Å². The highest BCUT2D eigenvalue weighted by atomic mass is 32.1. The summed E-state index contributed by atoms with van der Waals surface area (Å²) < 4.78 is 8.03. The second kappa shape index (κ2) is 8.90. The molecule has 0 saturated carbocycles. The fourth-order valence-electron chi connectivity index (χ4n) is 7.40. The maximum absolute atomic E-state index is 2.52. The molecule has 0 radical (unpaired) electrons. The summed E-state index contributed by atoms with van der Waals surface area (Å²) in [5, 5.41) is 10.8. The number of para-hydroxylation sites is 1. The van der Waals surface area contributed by atoms with Gasteiger partial charge in [0.1, 0.15) is 0 Å². The van der Waals surface area contributed by atoms with Crippen molar-refractivity contribution in [3.63, 3.8) is 0 Å². The molecule has 0 saturated heterocycles. The SMILES string of the molecule is C1=C(c2cccc3c2sc2ccccc23)CCC(n2c3ccccc3c3c4ccc5c6ccccc6sc5c4ccc32)=C1. The average Bonchev–Trinajstić information content (AvgIpc) is 3.74. The van der Waals surface area contributed by atoms with Crippen molar-refractivity contribution in [3.05, 3.63) is 133 Å². The Morgan fingerprint density at radius 1 is 0.442 bits per heavy atom. The fourth-order valence-corrected chi connectivity index (χ4v) is 9.88. The first-order valence-electron chi connectivity index (χ1n) is 14.9. The summed E-state index contributed by atoms with van der Waals surface area (Å²) in [6, 6.07) is 42.8. The Bertz CT molecular complexity index is 2670. The highest BCUT2D eigenvalue weighted by molar-refractivity contribution is 7.27. The molecule has 3 heterocycles. The monoisotopic (exact) mass is 583 g/mol. The van der Waals surface area contributed by atoms with E-state index < -0.39 is 0 Å². The second-order valence-corrected chi connectivity index (χ2v) is 13.7. The number of fused-ring (bicyclic) bond motifs is 12. The summed E-state index contributed by atoms with van der Waals surface area (Å²) in [4.78, 5) is 0. The van der Waals surface area contributed by atoms with Crippen molar-refractivity contribution in [3.8, 4) is 0 Å². The Kier molecular flexibility index (Phi) is 4.93. The van der Waals surface area contributed by atoms with Crippen LogP contribution in [0.25, 0.3) is 84.2 Å². The molecular weight excluding hydrogens is 559 g/mol. The lowest BCUT2D eigenvalue weighted by atomic mass is 9.94. The van der Waals surface area contributed by atoms with Crippen molar-refractivity contribution in [2.45, 2.75) is 12.8 Å². The summed E-state index contributed by atoms with van der Waals surface area (Å²) in [5.74, 6) is 0. The molecule has 0 unspecified atom stereocenters. The van der Waals surface area contributed by atoms with Gasteiger partial charge in [-0.15, -0.1) is 22.7 Å². The van der Waals surface area contributed by atoms with Crippen molar-refractivity contribution in [2.75, 3.05) is 0 Å². The van der Waals surface area contributed by atoms with Crippen LogP contribution in [0.4, 0.5) is 0 Å². The van der Waals surface area contributed by atoms with Crippen LogP contribution in [0, 0.1) is 0 Å². The van der Waals surface area contributed by atoms with Crippen molar-refractivity contribution < 1.29 is 0 Å². The first-order chi connectivity index (χ1) is 21.3. The molecule has 202 valence electrons. The molecule has 10 rings (SSSR count). The number of aromatic nitrogens is 1. The van der Waals surface area contributed by atoms with E-state index in [9.17, 15) is 0 Å². The molecule has 0 bridgehead atoms. The van der Waals surface area contributed by atoms with E-state index in [1.807, 2.05) is 22.7 Å². The first kappa shape index (κ1) is 23.8. The Labute approximate surface area is 256 Å². The molecule has 9 aromatic rings. The predicted molar refractivity (Wildman–Crippen MR) is 191 cm³/mol. The third-order valence-electron chi connectivity index (χ3n) is 9.34. The lowest BCUT2D eigenvalue weighted by Crippen LogP contribution is -2.01. The van der Waals surface area contributed by atoms with Crippen LogP contribution in [0.15, 0.2) is 127 Å². The molecule has 0 spiro atoms. The van der Waals surface area contributed by atoms with Crippen LogP contribution in [-0.2, 0) is 0 Å². The molecule has 0 N–H and O–H groups in total. The zero-order chi connectivity index (χ0) is 28.1. The summed E-state index contributed by atoms with van der Waals surface area (Å²) in [6.45, 7) is 0. The van der Waals surface area contributed by atoms with Crippen molar-refractivity contribution in [2.24, 2.45) is 0 Å². The lowest BCUT2D eigenvalue weighted by Gasteiger charge is -2.18. The number of nitrogens with zero attached hydrogens (tertiary/aromatic N) is 1. The number of allylic oxidation sites excluding steroid dienone is 4. The van der Waals surface area contributed by atoms with Crippen LogP contribution in [0.2, 0.25) is 0 Å². The van der Waals surface area contributed by atoms with Gasteiger partial charge in [0.05, 0.1) is 11.0 Å². The normalized spacial score (nSPS) is 14.1. The van der Waals surface area contributed by atoms with Gasteiger partial charge >= 0.3 is 0 Å². The van der Waals surface area contributed by atoms with Gasteiger partial charge in [-0.05, 0) is 59.7 Å². The molecule has 43 heavy (non-hydrogen) atoms. The summed E-state index contributed by atoms with van der Waals surface area (Å²) in [5.41, 5.74) is 6.76. The van der Waals surface area contributed by atoms with Crippen molar-refractivity contribution in [1.29, 1.82) is 0 Å². The number of hydrogen-bond donors (Lipinski definition) is 0. The minimum atomic E-state index is 1.01. The van der Waals surface area contributed by atoms with Gasteiger partial charge in [0.15, 0.2) is 0 Å². The lowest BCUT2D eigenvalue weighted by molar-refractivity contribution is 0.993. The Morgan fingerprint density at radius 2 is 1.07 bits per heavy atom. The quantitative estimate of drug-likeness (QED) is 0.191. The molecule has 3 aromatic heterocycles. The molecule has 6 aromatic carbocycles. The molecule has 1 aliphatic rings. The molecule has 0 fully saturated rings. The second-order valence-electron chi connectivity index (χ2n) is 11.6. The van der Waals surface area contributed by atoms with Crippen molar-refractivity contribution in [1.82, 2.24) is 4.57 Å². The van der Waals surface area contributed by atoms with Gasteiger partial charge in [-0.2, -0.15) is 0 Å². The van der Waals surface area contributed by atoms with Crippen LogP contribution in [-0.4, -0.2) is 4.57 Å². The van der Waals surface area contributed by atoms with E-state index in [4.69, 9.17) is 0 Å². The molecule has 3 heteroatoms. The van der Waals surface area contributed by atoms with Gasteiger partial charge in [-0.3, -0.25) is 0 Å². The van der Waals surface area contributed by atoms with Gasteiger partial charge < -0.3 is 4.57 Å². The van der Waals surface area contributed by atoms with Crippen LogP contribution in [0.1, 0.15) is 18.4 Å². The number of hydrogen-bond acceptors (Lipinski definition) is 2. The number of rotatable bonds is 2. The van der Waals surface area contributed by atoms with Gasteiger partial charge in [-0.25, -0.2) is 0 Å². The average molecular weight is 584 g/mol. The van der Waals surface area contributed by atoms with E-state index in [0.29, 0.717) is 0 Å². The molecular formula is C40H25NS2. The van der Waals surface area contributed by atoms with E-state index in [2.05, 4.69) is 132 Å².